The minimum Gasteiger partial charge on any atom is -0.0952 e. The molecule has 6 rings (SSSR count). The van der Waals surface area contributed by atoms with E-state index in [-0.39, 0.29) is 0 Å². The highest BCUT2D eigenvalue weighted by atomic mass is 14.4. The van der Waals surface area contributed by atoms with Gasteiger partial charge in [0, 0.05) is 11.8 Å². The zero-order valence-corrected chi connectivity index (χ0v) is 20.5. The number of benzene rings is 1. The molecule has 174 valence electrons. The lowest BCUT2D eigenvalue weighted by Crippen LogP contribution is -2.22. The van der Waals surface area contributed by atoms with Gasteiger partial charge < -0.3 is 0 Å². The standard InChI is InChI=1S/C35H34/c1-24(32-16-25(2)35-11-7-6-10-31(35)23-32)12-13-27-18-30-15-14-26(19-34(30)20-27)17-28-21-33(22-28)29-8-4-3-5-9-29/h3-11,14-16,18-20,23,28,33-35H,1-2,12-13,17,21-22H2. The Balaban J connectivity index is 1.03. The van der Waals surface area contributed by atoms with Gasteiger partial charge in [-0.1, -0.05) is 121 Å². The van der Waals surface area contributed by atoms with E-state index in [1.165, 1.54) is 58.3 Å². The van der Waals surface area contributed by atoms with Crippen LogP contribution < -0.4 is 0 Å². The van der Waals surface area contributed by atoms with Gasteiger partial charge in [-0.15, -0.1) is 0 Å². The summed E-state index contributed by atoms with van der Waals surface area (Å²) in [6, 6.07) is 11.0. The number of hydrogen-bond donors (Lipinski definition) is 0. The van der Waals surface area contributed by atoms with Gasteiger partial charge in [0.1, 0.15) is 0 Å². The number of hydrogen-bond acceptors (Lipinski definition) is 0. The molecular weight excluding hydrogens is 420 g/mol. The molecule has 0 aromatic heterocycles. The lowest BCUT2D eigenvalue weighted by atomic mass is 9.68. The second-order valence-electron chi connectivity index (χ2n) is 10.8. The third-order valence-corrected chi connectivity index (χ3v) is 8.29. The zero-order chi connectivity index (χ0) is 23.8. The summed E-state index contributed by atoms with van der Waals surface area (Å²) in [6.07, 6.45) is 31.2. The van der Waals surface area contributed by atoms with Gasteiger partial charge in [-0.25, -0.2) is 0 Å². The Hall–Kier alpha value is -3.38. The van der Waals surface area contributed by atoms with E-state index < -0.39 is 0 Å². The van der Waals surface area contributed by atoms with E-state index in [4.69, 9.17) is 0 Å². The van der Waals surface area contributed by atoms with Crippen LogP contribution in [-0.2, 0) is 0 Å². The molecule has 0 amide bonds. The van der Waals surface area contributed by atoms with E-state index in [1.54, 1.807) is 0 Å². The largest absolute Gasteiger partial charge is 0.0952 e. The molecule has 2 unspecified atom stereocenters. The SMILES string of the molecule is C=C(CCC1=CC2C=C(CC3CC(c4ccccc4)C3)C=CC2=C1)C1=CC(=C)C2C=CC=CC2=C1. The quantitative estimate of drug-likeness (QED) is 0.385. The molecule has 0 aliphatic heterocycles. The molecule has 0 nitrogen and oxygen atoms in total. The number of fused-ring (bicyclic) bond motifs is 2. The molecule has 1 aromatic carbocycles. The smallest absolute Gasteiger partial charge is 0.0267 e. The second kappa shape index (κ2) is 9.34. The molecule has 0 spiro atoms. The summed E-state index contributed by atoms with van der Waals surface area (Å²) in [5, 5.41) is 0. The first kappa shape index (κ1) is 22.1. The molecule has 2 atom stereocenters. The maximum Gasteiger partial charge on any atom is 0.0267 e. The molecule has 35 heavy (non-hydrogen) atoms. The van der Waals surface area contributed by atoms with E-state index in [0.717, 1.165) is 30.3 Å². The maximum absolute atomic E-state index is 4.42. The molecule has 0 heterocycles. The average molecular weight is 455 g/mol. The lowest BCUT2D eigenvalue weighted by Gasteiger charge is -2.36. The van der Waals surface area contributed by atoms with Crippen LogP contribution in [-0.4, -0.2) is 0 Å². The van der Waals surface area contributed by atoms with Crippen LogP contribution in [0.3, 0.4) is 0 Å². The van der Waals surface area contributed by atoms with Gasteiger partial charge in [0.05, 0.1) is 0 Å². The summed E-state index contributed by atoms with van der Waals surface area (Å²) in [4.78, 5) is 0. The third-order valence-electron chi connectivity index (χ3n) is 8.29. The van der Waals surface area contributed by atoms with Gasteiger partial charge in [0.15, 0.2) is 0 Å². The van der Waals surface area contributed by atoms with E-state index in [2.05, 4.69) is 110 Å². The highest BCUT2D eigenvalue weighted by Gasteiger charge is 2.31. The summed E-state index contributed by atoms with van der Waals surface area (Å²) in [5.41, 5.74) is 10.9. The third kappa shape index (κ3) is 4.63. The lowest BCUT2D eigenvalue weighted by molar-refractivity contribution is 0.263. The molecule has 1 fully saturated rings. The highest BCUT2D eigenvalue weighted by Crippen LogP contribution is 2.45. The topological polar surface area (TPSA) is 0 Å². The van der Waals surface area contributed by atoms with Crippen molar-refractivity contribution in [3.05, 3.63) is 155 Å². The van der Waals surface area contributed by atoms with Crippen molar-refractivity contribution in [1.29, 1.82) is 0 Å². The van der Waals surface area contributed by atoms with Crippen LogP contribution in [0.2, 0.25) is 0 Å². The minimum atomic E-state index is 0.332. The van der Waals surface area contributed by atoms with Crippen molar-refractivity contribution in [2.24, 2.45) is 17.8 Å². The molecule has 0 heteroatoms. The fraction of sp³-hybridized carbons (Fsp3) is 0.257. The Labute approximate surface area is 210 Å². The molecule has 0 radical (unpaired) electrons. The van der Waals surface area contributed by atoms with Crippen LogP contribution in [0.5, 0.6) is 0 Å². The van der Waals surface area contributed by atoms with E-state index in [9.17, 15) is 0 Å². The van der Waals surface area contributed by atoms with E-state index in [0.29, 0.717) is 11.8 Å². The normalized spacial score (nSPS) is 28.2. The van der Waals surface area contributed by atoms with Crippen molar-refractivity contribution in [3.8, 4) is 0 Å². The first-order valence-electron chi connectivity index (χ1n) is 13.1. The summed E-state index contributed by atoms with van der Waals surface area (Å²) in [6.45, 7) is 8.72. The van der Waals surface area contributed by atoms with Crippen molar-refractivity contribution in [1.82, 2.24) is 0 Å². The average Bonchev–Trinajstić information content (AvgIpc) is 3.27. The van der Waals surface area contributed by atoms with Crippen molar-refractivity contribution in [2.75, 3.05) is 0 Å². The number of rotatable bonds is 7. The van der Waals surface area contributed by atoms with Crippen molar-refractivity contribution < 1.29 is 0 Å². The number of allylic oxidation sites excluding steroid dienone is 18. The van der Waals surface area contributed by atoms with Crippen LogP contribution in [0.25, 0.3) is 0 Å². The van der Waals surface area contributed by atoms with Crippen molar-refractivity contribution in [3.63, 3.8) is 0 Å². The summed E-state index contributed by atoms with van der Waals surface area (Å²) >= 11 is 0. The maximum atomic E-state index is 4.42. The molecule has 1 aromatic rings. The van der Waals surface area contributed by atoms with E-state index in [1.807, 2.05) is 0 Å². The van der Waals surface area contributed by atoms with E-state index >= 15 is 0 Å². The predicted octanol–water partition coefficient (Wildman–Crippen LogP) is 9.05. The first-order valence-corrected chi connectivity index (χ1v) is 13.1. The Morgan fingerprint density at radius 3 is 2.54 bits per heavy atom. The Morgan fingerprint density at radius 1 is 0.857 bits per heavy atom. The van der Waals surface area contributed by atoms with Crippen LogP contribution in [0.4, 0.5) is 0 Å². The van der Waals surface area contributed by atoms with Crippen molar-refractivity contribution >= 4 is 0 Å². The van der Waals surface area contributed by atoms with Crippen LogP contribution >= 0.6 is 0 Å². The monoisotopic (exact) mass is 454 g/mol. The first-order chi connectivity index (χ1) is 17.1. The molecule has 1 saturated carbocycles. The fourth-order valence-corrected chi connectivity index (χ4v) is 6.19. The van der Waals surface area contributed by atoms with Gasteiger partial charge in [-0.05, 0) is 77.4 Å². The molecular formula is C35H34. The second-order valence-corrected chi connectivity index (χ2v) is 10.8. The van der Waals surface area contributed by atoms with Gasteiger partial charge in [0.25, 0.3) is 0 Å². The molecule has 0 saturated heterocycles. The van der Waals surface area contributed by atoms with Crippen molar-refractivity contribution in [2.45, 2.75) is 38.0 Å². The zero-order valence-electron chi connectivity index (χ0n) is 20.5. The Bertz CT molecular complexity index is 1290. The summed E-state index contributed by atoms with van der Waals surface area (Å²) in [5.74, 6) is 2.38. The Morgan fingerprint density at radius 2 is 1.69 bits per heavy atom. The van der Waals surface area contributed by atoms with Crippen LogP contribution in [0, 0.1) is 17.8 Å². The van der Waals surface area contributed by atoms with Crippen LogP contribution in [0.15, 0.2) is 149 Å². The van der Waals surface area contributed by atoms with Gasteiger partial charge in [-0.3, -0.25) is 0 Å². The fourth-order valence-electron chi connectivity index (χ4n) is 6.19. The van der Waals surface area contributed by atoms with Gasteiger partial charge >= 0.3 is 0 Å². The van der Waals surface area contributed by atoms with Gasteiger partial charge in [-0.2, -0.15) is 0 Å². The highest BCUT2D eigenvalue weighted by molar-refractivity contribution is 5.57. The Kier molecular flexibility index (Phi) is 5.90. The predicted molar refractivity (Wildman–Crippen MR) is 149 cm³/mol. The molecule has 5 aliphatic rings. The summed E-state index contributed by atoms with van der Waals surface area (Å²) in [7, 11) is 0. The molecule has 5 aliphatic carbocycles. The van der Waals surface area contributed by atoms with Crippen LogP contribution in [0.1, 0.15) is 43.6 Å². The minimum absolute atomic E-state index is 0.332. The molecule has 0 N–H and O–H groups in total. The van der Waals surface area contributed by atoms with Gasteiger partial charge in [0.2, 0.25) is 0 Å². The molecule has 0 bridgehead atoms. The summed E-state index contributed by atoms with van der Waals surface area (Å²) < 4.78 is 0.